The number of benzene rings is 2. The number of carbonyl (C=O) groups is 1. The fourth-order valence-corrected chi connectivity index (χ4v) is 2.25. The molecule has 0 amide bonds. The number of fused-ring (bicyclic) bond motifs is 1. The van der Waals surface area contributed by atoms with Crippen LogP contribution in [0.4, 0.5) is 0 Å². The van der Waals surface area contributed by atoms with Crippen LogP contribution < -0.4 is 0 Å². The number of para-hydroxylation sites is 1. The van der Waals surface area contributed by atoms with Gasteiger partial charge in [-0.3, -0.25) is 0 Å². The number of aryl methyl sites for hydroxylation is 1. The van der Waals surface area contributed by atoms with Crippen LogP contribution in [0.3, 0.4) is 0 Å². The number of carboxylic acid groups (broad SMARTS) is 1. The molecule has 100 valence electrons. The Kier molecular flexibility index (Phi) is 2.95. The third kappa shape index (κ3) is 2.04. The number of aromatic carboxylic acids is 1. The van der Waals surface area contributed by atoms with Crippen molar-refractivity contribution in [1.82, 2.24) is 9.97 Å². The standard InChI is InChI=1S/C15H11ClN2O2/c1-8-7-9(5-6-11(8)16)14-17-12-4-2-3-10(15(19)20)13(12)18-14/h2-7H,1H3,(H,17,18)(H,19,20). The highest BCUT2D eigenvalue weighted by Crippen LogP contribution is 2.26. The van der Waals surface area contributed by atoms with Crippen molar-refractivity contribution in [3.05, 3.63) is 52.5 Å². The van der Waals surface area contributed by atoms with Gasteiger partial charge in [0.2, 0.25) is 0 Å². The molecule has 5 heteroatoms. The first-order valence-corrected chi connectivity index (χ1v) is 6.42. The van der Waals surface area contributed by atoms with Crippen LogP contribution in [0.15, 0.2) is 36.4 Å². The molecular formula is C15H11ClN2O2. The first-order valence-electron chi connectivity index (χ1n) is 6.05. The van der Waals surface area contributed by atoms with Crippen LogP contribution in [0.25, 0.3) is 22.4 Å². The van der Waals surface area contributed by atoms with Gasteiger partial charge in [0.1, 0.15) is 11.3 Å². The molecule has 0 unspecified atom stereocenters. The summed E-state index contributed by atoms with van der Waals surface area (Å²) in [7, 11) is 0. The maximum Gasteiger partial charge on any atom is 0.337 e. The van der Waals surface area contributed by atoms with Gasteiger partial charge in [-0.25, -0.2) is 9.78 Å². The summed E-state index contributed by atoms with van der Waals surface area (Å²) < 4.78 is 0. The molecule has 4 nitrogen and oxygen atoms in total. The van der Waals surface area contributed by atoms with Gasteiger partial charge in [-0.2, -0.15) is 0 Å². The molecule has 1 heterocycles. The van der Waals surface area contributed by atoms with E-state index in [2.05, 4.69) is 9.97 Å². The van der Waals surface area contributed by atoms with Crippen molar-refractivity contribution in [3.63, 3.8) is 0 Å². The normalized spacial score (nSPS) is 10.9. The molecule has 0 bridgehead atoms. The second-order valence-corrected chi connectivity index (χ2v) is 4.96. The van der Waals surface area contributed by atoms with Crippen LogP contribution in [-0.4, -0.2) is 21.0 Å². The number of hydrogen-bond donors (Lipinski definition) is 2. The lowest BCUT2D eigenvalue weighted by atomic mass is 10.1. The zero-order valence-electron chi connectivity index (χ0n) is 10.6. The molecule has 0 aliphatic rings. The Labute approximate surface area is 120 Å². The van der Waals surface area contributed by atoms with Gasteiger partial charge in [0.25, 0.3) is 0 Å². The van der Waals surface area contributed by atoms with E-state index in [4.69, 9.17) is 11.6 Å². The minimum absolute atomic E-state index is 0.190. The summed E-state index contributed by atoms with van der Waals surface area (Å²) in [5, 5.41) is 9.86. The zero-order valence-corrected chi connectivity index (χ0v) is 11.4. The van der Waals surface area contributed by atoms with E-state index in [1.807, 2.05) is 19.1 Å². The van der Waals surface area contributed by atoms with Gasteiger partial charge in [-0.15, -0.1) is 0 Å². The predicted octanol–water partition coefficient (Wildman–Crippen LogP) is 3.89. The second kappa shape index (κ2) is 4.65. The summed E-state index contributed by atoms with van der Waals surface area (Å²) in [6, 6.07) is 10.6. The maximum absolute atomic E-state index is 11.2. The highest BCUT2D eigenvalue weighted by atomic mass is 35.5. The first-order chi connectivity index (χ1) is 9.56. The number of nitrogens with one attached hydrogen (secondary N) is 1. The van der Waals surface area contributed by atoms with E-state index < -0.39 is 5.97 Å². The van der Waals surface area contributed by atoms with Gasteiger partial charge in [0, 0.05) is 10.6 Å². The number of rotatable bonds is 2. The van der Waals surface area contributed by atoms with E-state index in [9.17, 15) is 9.90 Å². The quantitative estimate of drug-likeness (QED) is 0.751. The van der Waals surface area contributed by atoms with Crippen molar-refractivity contribution in [2.24, 2.45) is 0 Å². The summed E-state index contributed by atoms with van der Waals surface area (Å²) in [6.07, 6.45) is 0. The van der Waals surface area contributed by atoms with Crippen LogP contribution in [0.5, 0.6) is 0 Å². The first kappa shape index (κ1) is 12.7. The molecule has 2 N–H and O–H groups in total. The Balaban J connectivity index is 2.20. The van der Waals surface area contributed by atoms with E-state index >= 15 is 0 Å². The van der Waals surface area contributed by atoms with Crippen molar-refractivity contribution in [2.45, 2.75) is 6.92 Å². The van der Waals surface area contributed by atoms with E-state index in [-0.39, 0.29) is 5.56 Å². The Morgan fingerprint density at radius 2 is 2.10 bits per heavy atom. The highest BCUT2D eigenvalue weighted by Gasteiger charge is 2.13. The van der Waals surface area contributed by atoms with E-state index in [1.165, 1.54) is 0 Å². The summed E-state index contributed by atoms with van der Waals surface area (Å²) in [6.45, 7) is 1.91. The fraction of sp³-hybridized carbons (Fsp3) is 0.0667. The molecule has 0 saturated heterocycles. The van der Waals surface area contributed by atoms with Gasteiger partial charge in [0.05, 0.1) is 11.1 Å². The van der Waals surface area contributed by atoms with Gasteiger partial charge >= 0.3 is 5.97 Å². The van der Waals surface area contributed by atoms with Gasteiger partial charge in [-0.05, 0) is 42.8 Å². The number of carboxylic acids is 1. The maximum atomic E-state index is 11.2. The summed E-state index contributed by atoms with van der Waals surface area (Å²) in [5.74, 6) is -0.352. The second-order valence-electron chi connectivity index (χ2n) is 4.56. The lowest BCUT2D eigenvalue weighted by molar-refractivity contribution is 0.0699. The van der Waals surface area contributed by atoms with E-state index in [0.29, 0.717) is 21.9 Å². The van der Waals surface area contributed by atoms with Gasteiger partial charge in [0.15, 0.2) is 0 Å². The van der Waals surface area contributed by atoms with Crippen molar-refractivity contribution >= 4 is 28.6 Å². The van der Waals surface area contributed by atoms with Crippen molar-refractivity contribution in [3.8, 4) is 11.4 Å². The molecule has 2 aromatic carbocycles. The molecule has 0 radical (unpaired) electrons. The molecule has 0 atom stereocenters. The molecular weight excluding hydrogens is 276 g/mol. The minimum atomic E-state index is -0.985. The Morgan fingerprint density at radius 1 is 1.30 bits per heavy atom. The monoisotopic (exact) mass is 286 g/mol. The molecule has 3 aromatic rings. The third-order valence-electron chi connectivity index (χ3n) is 3.17. The van der Waals surface area contributed by atoms with Crippen LogP contribution in [0, 0.1) is 6.92 Å². The molecule has 3 rings (SSSR count). The molecule has 0 spiro atoms. The topological polar surface area (TPSA) is 66.0 Å². The summed E-state index contributed by atoms with van der Waals surface area (Å²) in [5.41, 5.74) is 3.17. The number of imidazole rings is 1. The molecule has 0 aliphatic heterocycles. The minimum Gasteiger partial charge on any atom is -0.478 e. The van der Waals surface area contributed by atoms with Gasteiger partial charge in [-0.1, -0.05) is 17.7 Å². The average Bonchev–Trinajstić information content (AvgIpc) is 2.85. The lowest BCUT2D eigenvalue weighted by Crippen LogP contribution is -1.96. The van der Waals surface area contributed by atoms with Crippen molar-refractivity contribution in [1.29, 1.82) is 0 Å². The Hall–Kier alpha value is -2.33. The smallest absolute Gasteiger partial charge is 0.337 e. The SMILES string of the molecule is Cc1cc(-c2nc3c(C(=O)O)cccc3[nH]2)ccc1Cl. The molecule has 0 fully saturated rings. The zero-order chi connectivity index (χ0) is 14.3. The Morgan fingerprint density at radius 3 is 2.80 bits per heavy atom. The van der Waals surface area contributed by atoms with E-state index in [0.717, 1.165) is 11.1 Å². The summed E-state index contributed by atoms with van der Waals surface area (Å²) in [4.78, 5) is 18.7. The lowest BCUT2D eigenvalue weighted by Gasteiger charge is -2.00. The fourth-order valence-electron chi connectivity index (χ4n) is 2.13. The molecule has 1 aromatic heterocycles. The number of halogens is 1. The van der Waals surface area contributed by atoms with Crippen LogP contribution in [0.1, 0.15) is 15.9 Å². The molecule has 20 heavy (non-hydrogen) atoms. The molecule has 0 saturated carbocycles. The number of nitrogens with zero attached hydrogens (tertiary/aromatic N) is 1. The predicted molar refractivity (Wildman–Crippen MR) is 78.2 cm³/mol. The van der Waals surface area contributed by atoms with Crippen LogP contribution in [-0.2, 0) is 0 Å². The Bertz CT molecular complexity index is 824. The molecule has 0 aliphatic carbocycles. The third-order valence-corrected chi connectivity index (χ3v) is 3.60. The largest absolute Gasteiger partial charge is 0.478 e. The average molecular weight is 287 g/mol. The van der Waals surface area contributed by atoms with Crippen LogP contribution in [0.2, 0.25) is 5.02 Å². The van der Waals surface area contributed by atoms with Crippen molar-refractivity contribution in [2.75, 3.05) is 0 Å². The summed E-state index contributed by atoms with van der Waals surface area (Å²) >= 11 is 6.01. The number of H-pyrrole nitrogens is 1. The van der Waals surface area contributed by atoms with Crippen LogP contribution >= 0.6 is 11.6 Å². The van der Waals surface area contributed by atoms with Crippen molar-refractivity contribution < 1.29 is 9.90 Å². The number of hydrogen-bond acceptors (Lipinski definition) is 2. The van der Waals surface area contributed by atoms with E-state index in [1.54, 1.807) is 24.3 Å². The highest BCUT2D eigenvalue weighted by molar-refractivity contribution is 6.31. The number of aromatic nitrogens is 2. The van der Waals surface area contributed by atoms with Gasteiger partial charge < -0.3 is 10.1 Å². The number of aromatic amines is 1.